The van der Waals surface area contributed by atoms with Gasteiger partial charge in [-0.2, -0.15) is 5.26 Å². The molecule has 1 aliphatic rings. The van der Waals surface area contributed by atoms with Crippen molar-refractivity contribution in [2.45, 2.75) is 25.6 Å². The van der Waals surface area contributed by atoms with E-state index in [2.05, 4.69) is 20.9 Å². The predicted octanol–water partition coefficient (Wildman–Crippen LogP) is 2.68. The molecule has 1 aromatic carbocycles. The molecule has 1 saturated heterocycles. The second-order valence-corrected chi connectivity index (χ2v) is 7.12. The van der Waals surface area contributed by atoms with Gasteiger partial charge in [-0.05, 0) is 38.7 Å². The van der Waals surface area contributed by atoms with Crippen molar-refractivity contribution in [1.82, 2.24) is 14.8 Å². The number of hydrogen-bond acceptors (Lipinski definition) is 6. The first kappa shape index (κ1) is 19.2. The van der Waals surface area contributed by atoms with E-state index in [-0.39, 0.29) is 6.10 Å². The third-order valence-electron chi connectivity index (χ3n) is 4.61. The average molecular weight is 366 g/mol. The van der Waals surface area contributed by atoms with Crippen LogP contribution in [0.15, 0.2) is 36.5 Å². The zero-order valence-corrected chi connectivity index (χ0v) is 16.2. The molecule has 0 N–H and O–H groups in total. The summed E-state index contributed by atoms with van der Waals surface area (Å²) in [5.41, 5.74) is 2.72. The van der Waals surface area contributed by atoms with Crippen LogP contribution in [-0.4, -0.2) is 55.2 Å². The largest absolute Gasteiger partial charge is 0.496 e. The number of aromatic nitrogens is 1. The van der Waals surface area contributed by atoms with Crippen molar-refractivity contribution < 1.29 is 9.47 Å². The standard InChI is InChI=1S/C21H26N4O2/c1-24(2)14-18-11-19(6-8-23-18)27-20-7-9-25(15-20)13-17-5-4-16(12-22)10-21(17)26-3/h4-6,8,10-11,20H,7,9,13-15H2,1-3H3. The molecule has 1 atom stereocenters. The van der Waals surface area contributed by atoms with Gasteiger partial charge in [0.1, 0.15) is 17.6 Å². The number of likely N-dealkylation sites (tertiary alicyclic amines) is 1. The lowest BCUT2D eigenvalue weighted by atomic mass is 10.1. The molecule has 0 spiro atoms. The quantitative estimate of drug-likeness (QED) is 0.751. The van der Waals surface area contributed by atoms with E-state index in [0.717, 1.165) is 55.4 Å². The molecule has 0 amide bonds. The molecule has 6 heteroatoms. The Morgan fingerprint density at radius 2 is 2.15 bits per heavy atom. The van der Waals surface area contributed by atoms with Gasteiger partial charge in [-0.3, -0.25) is 9.88 Å². The highest BCUT2D eigenvalue weighted by Gasteiger charge is 2.25. The van der Waals surface area contributed by atoms with Crippen LogP contribution < -0.4 is 9.47 Å². The Hall–Kier alpha value is -2.62. The van der Waals surface area contributed by atoms with Gasteiger partial charge < -0.3 is 14.4 Å². The number of nitriles is 1. The summed E-state index contributed by atoms with van der Waals surface area (Å²) in [5, 5.41) is 9.04. The molecule has 0 radical (unpaired) electrons. The van der Waals surface area contributed by atoms with Gasteiger partial charge >= 0.3 is 0 Å². The zero-order valence-electron chi connectivity index (χ0n) is 16.2. The maximum Gasteiger partial charge on any atom is 0.124 e. The van der Waals surface area contributed by atoms with Gasteiger partial charge in [0.2, 0.25) is 0 Å². The van der Waals surface area contributed by atoms with E-state index in [9.17, 15) is 0 Å². The smallest absolute Gasteiger partial charge is 0.124 e. The van der Waals surface area contributed by atoms with Crippen LogP contribution in [0.25, 0.3) is 0 Å². The summed E-state index contributed by atoms with van der Waals surface area (Å²) in [7, 11) is 5.70. The van der Waals surface area contributed by atoms with Crippen LogP contribution in [0.3, 0.4) is 0 Å². The summed E-state index contributed by atoms with van der Waals surface area (Å²) in [4.78, 5) is 8.84. The highest BCUT2D eigenvalue weighted by molar-refractivity contribution is 5.42. The summed E-state index contributed by atoms with van der Waals surface area (Å²) in [5.74, 6) is 1.64. The zero-order chi connectivity index (χ0) is 19.2. The molecule has 1 unspecified atom stereocenters. The van der Waals surface area contributed by atoms with Crippen LogP contribution >= 0.6 is 0 Å². The lowest BCUT2D eigenvalue weighted by molar-refractivity contribution is 0.197. The Labute approximate surface area is 160 Å². The molecular formula is C21H26N4O2. The molecule has 3 rings (SSSR count). The monoisotopic (exact) mass is 366 g/mol. The molecule has 1 fully saturated rings. The maximum atomic E-state index is 9.04. The van der Waals surface area contributed by atoms with Gasteiger partial charge in [0.25, 0.3) is 0 Å². The maximum absolute atomic E-state index is 9.04. The van der Waals surface area contributed by atoms with Crippen LogP contribution in [0.2, 0.25) is 0 Å². The van der Waals surface area contributed by atoms with Crippen LogP contribution in [0.4, 0.5) is 0 Å². The predicted molar refractivity (Wildman–Crippen MR) is 104 cm³/mol. The number of benzene rings is 1. The summed E-state index contributed by atoms with van der Waals surface area (Å²) in [6.07, 6.45) is 2.97. The molecule has 2 aromatic rings. The van der Waals surface area contributed by atoms with Crippen LogP contribution in [0.1, 0.15) is 23.2 Å². The third-order valence-corrected chi connectivity index (χ3v) is 4.61. The molecule has 1 aliphatic heterocycles. The van der Waals surface area contributed by atoms with E-state index in [0.29, 0.717) is 5.56 Å². The van der Waals surface area contributed by atoms with E-state index >= 15 is 0 Å². The highest BCUT2D eigenvalue weighted by atomic mass is 16.5. The van der Waals surface area contributed by atoms with Crippen molar-refractivity contribution in [2.24, 2.45) is 0 Å². The Morgan fingerprint density at radius 3 is 2.89 bits per heavy atom. The minimum atomic E-state index is 0.170. The van der Waals surface area contributed by atoms with Crippen molar-refractivity contribution in [3.05, 3.63) is 53.3 Å². The lowest BCUT2D eigenvalue weighted by Crippen LogP contribution is -2.25. The van der Waals surface area contributed by atoms with Gasteiger partial charge in [0.15, 0.2) is 0 Å². The van der Waals surface area contributed by atoms with Crippen LogP contribution in [0.5, 0.6) is 11.5 Å². The third kappa shape index (κ3) is 5.19. The first-order valence-corrected chi connectivity index (χ1v) is 9.13. The topological polar surface area (TPSA) is 61.6 Å². The molecule has 27 heavy (non-hydrogen) atoms. The van der Waals surface area contributed by atoms with Gasteiger partial charge in [0.05, 0.1) is 24.4 Å². The SMILES string of the molecule is COc1cc(C#N)ccc1CN1CCC(Oc2ccnc(CN(C)C)c2)C1. The number of methoxy groups -OCH3 is 1. The van der Waals surface area contributed by atoms with Crippen molar-refractivity contribution in [1.29, 1.82) is 5.26 Å². The highest BCUT2D eigenvalue weighted by Crippen LogP contribution is 2.25. The van der Waals surface area contributed by atoms with Gasteiger partial charge in [0, 0.05) is 44.0 Å². The van der Waals surface area contributed by atoms with Crippen LogP contribution in [-0.2, 0) is 13.1 Å². The second-order valence-electron chi connectivity index (χ2n) is 7.12. The molecule has 142 valence electrons. The van der Waals surface area contributed by atoms with Crippen molar-refractivity contribution in [3.8, 4) is 17.6 Å². The molecule has 0 saturated carbocycles. The molecule has 0 bridgehead atoms. The summed E-state index contributed by atoms with van der Waals surface area (Å²) < 4.78 is 11.6. The van der Waals surface area contributed by atoms with E-state index in [1.54, 1.807) is 13.2 Å². The summed E-state index contributed by atoms with van der Waals surface area (Å²) >= 11 is 0. The van der Waals surface area contributed by atoms with Gasteiger partial charge in [-0.25, -0.2) is 0 Å². The molecule has 6 nitrogen and oxygen atoms in total. The van der Waals surface area contributed by atoms with Gasteiger partial charge in [-0.1, -0.05) is 6.07 Å². The molecule has 1 aromatic heterocycles. The molecular weight excluding hydrogens is 340 g/mol. The number of hydrogen-bond donors (Lipinski definition) is 0. The first-order valence-electron chi connectivity index (χ1n) is 9.13. The van der Waals surface area contributed by atoms with E-state index in [1.807, 2.05) is 44.6 Å². The van der Waals surface area contributed by atoms with Crippen LogP contribution in [0, 0.1) is 11.3 Å². The molecule has 0 aliphatic carbocycles. The Balaban J connectivity index is 1.59. The number of ether oxygens (including phenoxy) is 2. The lowest BCUT2D eigenvalue weighted by Gasteiger charge is -2.19. The normalized spacial score (nSPS) is 17.1. The number of nitrogens with zero attached hydrogens (tertiary/aromatic N) is 4. The fourth-order valence-electron chi connectivity index (χ4n) is 3.35. The van der Waals surface area contributed by atoms with E-state index in [1.165, 1.54) is 0 Å². The fraction of sp³-hybridized carbons (Fsp3) is 0.429. The number of pyridine rings is 1. The molecule has 2 heterocycles. The first-order chi connectivity index (χ1) is 13.1. The second kappa shape index (κ2) is 8.85. The minimum Gasteiger partial charge on any atom is -0.496 e. The van der Waals surface area contributed by atoms with E-state index in [4.69, 9.17) is 14.7 Å². The summed E-state index contributed by atoms with van der Waals surface area (Å²) in [6, 6.07) is 11.7. The Kier molecular flexibility index (Phi) is 6.28. The number of rotatable bonds is 7. The Morgan fingerprint density at radius 1 is 1.30 bits per heavy atom. The fourth-order valence-corrected chi connectivity index (χ4v) is 3.35. The minimum absolute atomic E-state index is 0.170. The van der Waals surface area contributed by atoms with Crippen molar-refractivity contribution in [2.75, 3.05) is 34.3 Å². The Bertz CT molecular complexity index is 816. The average Bonchev–Trinajstić information content (AvgIpc) is 3.08. The van der Waals surface area contributed by atoms with Crippen molar-refractivity contribution in [3.63, 3.8) is 0 Å². The van der Waals surface area contributed by atoms with E-state index < -0.39 is 0 Å². The van der Waals surface area contributed by atoms with Gasteiger partial charge in [-0.15, -0.1) is 0 Å². The summed E-state index contributed by atoms with van der Waals surface area (Å²) in [6.45, 7) is 3.43. The van der Waals surface area contributed by atoms with Crippen molar-refractivity contribution >= 4 is 0 Å².